The zero-order chi connectivity index (χ0) is 11.7. The number of hydrazone groups is 1. The van der Waals surface area contributed by atoms with Gasteiger partial charge in [-0.2, -0.15) is 10.1 Å². The van der Waals surface area contributed by atoms with Crippen molar-refractivity contribution < 1.29 is 4.79 Å². The molecule has 1 amide bonds. The van der Waals surface area contributed by atoms with E-state index in [4.69, 9.17) is 0 Å². The largest absolute Gasteiger partial charge is 0.272 e. The third-order valence-electron chi connectivity index (χ3n) is 2.61. The molecule has 1 aromatic heterocycles. The Morgan fingerprint density at radius 3 is 2.75 bits per heavy atom. The molecule has 5 heteroatoms. The van der Waals surface area contributed by atoms with Gasteiger partial charge < -0.3 is 0 Å². The monoisotopic (exact) mass is 281 g/mol. The number of rotatable bonds is 2. The molecule has 2 heterocycles. The lowest BCUT2D eigenvalue weighted by atomic mass is 10.0. The molecule has 4 nitrogen and oxygen atoms in total. The number of amides is 1. The zero-order valence-electron chi connectivity index (χ0n) is 9.14. The second kappa shape index (κ2) is 4.33. The van der Waals surface area contributed by atoms with Crippen LogP contribution in [0.5, 0.6) is 0 Å². The summed E-state index contributed by atoms with van der Waals surface area (Å²) >= 11 is 3.30. The van der Waals surface area contributed by atoms with Gasteiger partial charge in [0.25, 0.3) is 5.91 Å². The fraction of sp³-hybridized carbons (Fsp3) is 0.364. The van der Waals surface area contributed by atoms with Crippen LogP contribution in [0, 0.1) is 5.92 Å². The fourth-order valence-corrected chi connectivity index (χ4v) is 1.97. The Labute approximate surface area is 102 Å². The predicted octanol–water partition coefficient (Wildman–Crippen LogP) is 2.59. The molecule has 0 radical (unpaired) electrons. The molecular formula is C11H12BrN3O. The van der Waals surface area contributed by atoms with Crippen molar-refractivity contribution in [3.63, 3.8) is 0 Å². The highest BCUT2D eigenvalue weighted by Gasteiger charge is 2.33. The number of hydrogen-bond donors (Lipinski definition) is 0. The number of carbonyl (C=O) groups is 1. The molecule has 16 heavy (non-hydrogen) atoms. The highest BCUT2D eigenvalue weighted by atomic mass is 79.9. The Hall–Kier alpha value is -1.23. The molecule has 0 aromatic carbocycles. The summed E-state index contributed by atoms with van der Waals surface area (Å²) < 4.78 is 0.885. The van der Waals surface area contributed by atoms with Crippen LogP contribution >= 0.6 is 15.9 Å². The van der Waals surface area contributed by atoms with Gasteiger partial charge in [-0.1, -0.05) is 6.92 Å². The van der Waals surface area contributed by atoms with E-state index in [0.717, 1.165) is 16.6 Å². The van der Waals surface area contributed by atoms with Crippen molar-refractivity contribution in [1.82, 2.24) is 4.98 Å². The summed E-state index contributed by atoms with van der Waals surface area (Å²) in [5.41, 5.74) is 0.859. The summed E-state index contributed by atoms with van der Waals surface area (Å²) in [4.78, 5) is 16.2. The van der Waals surface area contributed by atoms with Crippen LogP contribution in [-0.4, -0.2) is 16.6 Å². The van der Waals surface area contributed by atoms with Gasteiger partial charge in [0, 0.05) is 16.4 Å². The summed E-state index contributed by atoms with van der Waals surface area (Å²) in [6, 6.07) is 3.62. The van der Waals surface area contributed by atoms with Crippen molar-refractivity contribution >= 4 is 33.4 Å². The molecule has 0 saturated heterocycles. The maximum absolute atomic E-state index is 12.0. The first-order valence-corrected chi connectivity index (χ1v) is 5.93. The van der Waals surface area contributed by atoms with Gasteiger partial charge in [0.05, 0.1) is 5.92 Å². The Morgan fingerprint density at radius 1 is 1.50 bits per heavy atom. The van der Waals surface area contributed by atoms with Gasteiger partial charge in [0.2, 0.25) is 0 Å². The highest BCUT2D eigenvalue weighted by Crippen LogP contribution is 2.24. The Balaban J connectivity index is 2.30. The third-order valence-corrected chi connectivity index (χ3v) is 3.07. The van der Waals surface area contributed by atoms with Gasteiger partial charge in [-0.3, -0.25) is 4.79 Å². The molecular weight excluding hydrogens is 270 g/mol. The first-order chi connectivity index (χ1) is 7.63. The van der Waals surface area contributed by atoms with Crippen molar-refractivity contribution in [2.75, 3.05) is 5.01 Å². The van der Waals surface area contributed by atoms with Gasteiger partial charge in [0.1, 0.15) is 0 Å². The topological polar surface area (TPSA) is 45.6 Å². The van der Waals surface area contributed by atoms with Crippen molar-refractivity contribution in [3.8, 4) is 0 Å². The number of carbonyl (C=O) groups excluding carboxylic acids is 1. The normalized spacial score (nSPS) is 20.2. The molecule has 1 aliphatic rings. The van der Waals surface area contributed by atoms with Crippen LogP contribution in [-0.2, 0) is 4.79 Å². The highest BCUT2D eigenvalue weighted by molar-refractivity contribution is 9.10. The SMILES string of the molecule is CCC1C(=O)N(c2ccc(Br)cn2)N=C1C. The van der Waals surface area contributed by atoms with E-state index in [1.807, 2.05) is 19.9 Å². The Morgan fingerprint density at radius 2 is 2.25 bits per heavy atom. The molecule has 0 fully saturated rings. The van der Waals surface area contributed by atoms with Gasteiger partial charge in [-0.05, 0) is 41.4 Å². The molecule has 1 atom stereocenters. The van der Waals surface area contributed by atoms with E-state index in [9.17, 15) is 4.79 Å². The van der Waals surface area contributed by atoms with Crippen LogP contribution in [0.4, 0.5) is 5.82 Å². The maximum atomic E-state index is 12.0. The minimum absolute atomic E-state index is 0.00909. The van der Waals surface area contributed by atoms with E-state index in [1.54, 1.807) is 12.3 Å². The lowest BCUT2D eigenvalue weighted by molar-refractivity contribution is -0.119. The van der Waals surface area contributed by atoms with E-state index in [2.05, 4.69) is 26.0 Å². The summed E-state index contributed by atoms with van der Waals surface area (Å²) in [6.45, 7) is 3.87. The van der Waals surface area contributed by atoms with Crippen molar-refractivity contribution in [2.24, 2.45) is 11.0 Å². The van der Waals surface area contributed by atoms with Crippen LogP contribution in [0.2, 0.25) is 0 Å². The lowest BCUT2D eigenvalue weighted by Gasteiger charge is -2.12. The first kappa shape index (κ1) is 11.3. The average molecular weight is 282 g/mol. The van der Waals surface area contributed by atoms with Crippen LogP contribution in [0.15, 0.2) is 27.9 Å². The zero-order valence-corrected chi connectivity index (χ0v) is 10.7. The second-order valence-electron chi connectivity index (χ2n) is 3.69. The van der Waals surface area contributed by atoms with Crippen LogP contribution in [0.3, 0.4) is 0 Å². The summed E-state index contributed by atoms with van der Waals surface area (Å²) in [5.74, 6) is 0.490. The van der Waals surface area contributed by atoms with Crippen molar-refractivity contribution in [3.05, 3.63) is 22.8 Å². The molecule has 0 aliphatic carbocycles. The molecule has 2 rings (SSSR count). The van der Waals surface area contributed by atoms with Crippen molar-refractivity contribution in [2.45, 2.75) is 20.3 Å². The summed E-state index contributed by atoms with van der Waals surface area (Å²) in [7, 11) is 0. The van der Waals surface area contributed by atoms with Gasteiger partial charge in [-0.25, -0.2) is 4.98 Å². The minimum atomic E-state index is -0.0922. The molecule has 1 unspecified atom stereocenters. The standard InChI is InChI=1S/C11H12BrN3O/c1-3-9-7(2)14-15(11(9)16)10-5-4-8(12)6-13-10/h4-6,9H,3H2,1-2H3. The molecule has 0 N–H and O–H groups in total. The average Bonchev–Trinajstić information content (AvgIpc) is 2.55. The minimum Gasteiger partial charge on any atom is -0.272 e. The van der Waals surface area contributed by atoms with E-state index in [1.165, 1.54) is 5.01 Å². The molecule has 1 aliphatic heterocycles. The quantitative estimate of drug-likeness (QED) is 0.837. The lowest BCUT2D eigenvalue weighted by Crippen LogP contribution is -2.27. The molecule has 84 valence electrons. The molecule has 0 spiro atoms. The number of hydrogen-bond acceptors (Lipinski definition) is 3. The smallest absolute Gasteiger partial charge is 0.257 e. The van der Waals surface area contributed by atoms with Crippen LogP contribution in [0.25, 0.3) is 0 Å². The number of anilines is 1. The Kier molecular flexibility index (Phi) is 3.05. The third kappa shape index (κ3) is 1.87. The number of nitrogens with zero attached hydrogens (tertiary/aromatic N) is 3. The van der Waals surface area contributed by atoms with E-state index < -0.39 is 0 Å². The van der Waals surface area contributed by atoms with Gasteiger partial charge >= 0.3 is 0 Å². The fourth-order valence-electron chi connectivity index (χ4n) is 1.73. The molecule has 0 saturated carbocycles. The Bertz CT molecular complexity index is 441. The second-order valence-corrected chi connectivity index (χ2v) is 4.60. The number of aromatic nitrogens is 1. The van der Waals surface area contributed by atoms with E-state index in [0.29, 0.717) is 5.82 Å². The van der Waals surface area contributed by atoms with E-state index >= 15 is 0 Å². The van der Waals surface area contributed by atoms with Crippen LogP contribution in [0.1, 0.15) is 20.3 Å². The molecule has 1 aromatic rings. The van der Waals surface area contributed by atoms with E-state index in [-0.39, 0.29) is 11.8 Å². The van der Waals surface area contributed by atoms with Crippen LogP contribution < -0.4 is 5.01 Å². The maximum Gasteiger partial charge on any atom is 0.257 e. The summed E-state index contributed by atoms with van der Waals surface area (Å²) in [6.07, 6.45) is 2.44. The van der Waals surface area contributed by atoms with Crippen molar-refractivity contribution in [1.29, 1.82) is 0 Å². The van der Waals surface area contributed by atoms with Gasteiger partial charge in [-0.15, -0.1) is 0 Å². The summed E-state index contributed by atoms with van der Waals surface area (Å²) in [5, 5.41) is 5.63. The molecule has 0 bridgehead atoms. The number of halogens is 1. The van der Waals surface area contributed by atoms with Gasteiger partial charge in [0.15, 0.2) is 5.82 Å². The number of pyridine rings is 1. The first-order valence-electron chi connectivity index (χ1n) is 5.14. The predicted molar refractivity (Wildman–Crippen MR) is 66.3 cm³/mol.